The molecule has 1 amide bonds. The number of aromatic nitrogens is 1. The van der Waals surface area contributed by atoms with Gasteiger partial charge < -0.3 is 0 Å². The number of rotatable bonds is 4. The van der Waals surface area contributed by atoms with E-state index in [9.17, 15) is 4.79 Å². The van der Waals surface area contributed by atoms with E-state index in [2.05, 4.69) is 10.3 Å². The molecule has 0 aliphatic rings. The summed E-state index contributed by atoms with van der Waals surface area (Å²) in [5.74, 6) is -0.179. The first-order valence-corrected chi connectivity index (χ1v) is 8.11. The van der Waals surface area contributed by atoms with Crippen molar-refractivity contribution in [2.75, 3.05) is 5.32 Å². The second kappa shape index (κ2) is 7.03. The molecule has 0 saturated carbocycles. The lowest BCUT2D eigenvalue weighted by atomic mass is 10.1. The average Bonchev–Trinajstić information content (AvgIpc) is 2.95. The molecule has 3 aromatic rings. The summed E-state index contributed by atoms with van der Waals surface area (Å²) in [6.45, 7) is 2.01. The molecule has 0 aliphatic carbocycles. The number of hydrogen-bond acceptors (Lipinski definition) is 3. The van der Waals surface area contributed by atoms with Gasteiger partial charge in [0.15, 0.2) is 5.13 Å². The lowest BCUT2D eigenvalue weighted by Crippen LogP contribution is -2.07. The molecule has 0 atom stereocenters. The van der Waals surface area contributed by atoms with Crippen LogP contribution < -0.4 is 5.32 Å². The van der Waals surface area contributed by atoms with Crippen LogP contribution in [0.3, 0.4) is 0 Å². The van der Waals surface area contributed by atoms with E-state index in [1.54, 1.807) is 6.08 Å². The number of thiazole rings is 1. The van der Waals surface area contributed by atoms with E-state index in [1.807, 2.05) is 67.6 Å². The molecule has 4 heteroatoms. The van der Waals surface area contributed by atoms with Crippen LogP contribution in [-0.4, -0.2) is 10.9 Å². The van der Waals surface area contributed by atoms with Crippen LogP contribution in [0.2, 0.25) is 0 Å². The van der Waals surface area contributed by atoms with E-state index >= 15 is 0 Å². The highest BCUT2D eigenvalue weighted by molar-refractivity contribution is 7.16. The van der Waals surface area contributed by atoms with Crippen molar-refractivity contribution in [1.29, 1.82) is 0 Å². The summed E-state index contributed by atoms with van der Waals surface area (Å²) in [6.07, 6.45) is 3.31. The number of carbonyl (C=O) groups excluding carboxylic acids is 1. The van der Waals surface area contributed by atoms with Gasteiger partial charge in [0.05, 0.1) is 5.69 Å². The van der Waals surface area contributed by atoms with Gasteiger partial charge >= 0.3 is 0 Å². The lowest BCUT2D eigenvalue weighted by Gasteiger charge is -1.97. The molecule has 1 aromatic heterocycles. The number of anilines is 1. The Balaban J connectivity index is 1.71. The van der Waals surface area contributed by atoms with Crippen LogP contribution in [-0.2, 0) is 4.79 Å². The highest BCUT2D eigenvalue weighted by Crippen LogP contribution is 2.30. The molecule has 0 spiro atoms. The topological polar surface area (TPSA) is 42.0 Å². The highest BCUT2D eigenvalue weighted by atomic mass is 32.1. The number of hydrogen-bond donors (Lipinski definition) is 1. The Kier molecular flexibility index (Phi) is 4.64. The number of carbonyl (C=O) groups is 1. The Bertz CT molecular complexity index is 823. The third-order valence-electron chi connectivity index (χ3n) is 3.30. The van der Waals surface area contributed by atoms with Gasteiger partial charge in [0, 0.05) is 16.5 Å². The fraction of sp³-hybridized carbons (Fsp3) is 0.0526. The zero-order valence-electron chi connectivity index (χ0n) is 12.7. The molecule has 0 radical (unpaired) electrons. The van der Waals surface area contributed by atoms with Gasteiger partial charge in [0.2, 0.25) is 5.91 Å². The third-order valence-corrected chi connectivity index (χ3v) is 4.19. The van der Waals surface area contributed by atoms with E-state index in [-0.39, 0.29) is 5.91 Å². The quantitative estimate of drug-likeness (QED) is 0.704. The average molecular weight is 320 g/mol. The maximum absolute atomic E-state index is 12.0. The summed E-state index contributed by atoms with van der Waals surface area (Å²) >= 11 is 1.48. The summed E-state index contributed by atoms with van der Waals surface area (Å²) < 4.78 is 0. The van der Waals surface area contributed by atoms with E-state index < -0.39 is 0 Å². The van der Waals surface area contributed by atoms with Crippen LogP contribution in [0.1, 0.15) is 10.4 Å². The van der Waals surface area contributed by atoms with Crippen LogP contribution >= 0.6 is 11.3 Å². The fourth-order valence-corrected chi connectivity index (χ4v) is 3.04. The van der Waals surface area contributed by atoms with Crippen molar-refractivity contribution >= 4 is 28.5 Å². The van der Waals surface area contributed by atoms with Crippen LogP contribution in [0.15, 0.2) is 66.7 Å². The summed E-state index contributed by atoms with van der Waals surface area (Å²) in [5.41, 5.74) is 2.96. The van der Waals surface area contributed by atoms with Crippen molar-refractivity contribution < 1.29 is 4.79 Å². The normalized spacial score (nSPS) is 10.8. The van der Waals surface area contributed by atoms with Crippen LogP contribution in [0.25, 0.3) is 17.3 Å². The second-order valence-corrected chi connectivity index (χ2v) is 6.23. The Morgan fingerprint density at radius 3 is 2.39 bits per heavy atom. The number of nitrogens with one attached hydrogen (secondary N) is 1. The molecule has 23 heavy (non-hydrogen) atoms. The Hall–Kier alpha value is -2.72. The SMILES string of the molecule is Cc1sc(NC(=O)/C=C/c2ccccc2)nc1-c1ccccc1. The number of aryl methyl sites for hydroxylation is 1. The van der Waals surface area contributed by atoms with Crippen molar-refractivity contribution in [3.8, 4) is 11.3 Å². The van der Waals surface area contributed by atoms with Gasteiger partial charge in [0.1, 0.15) is 0 Å². The van der Waals surface area contributed by atoms with Crippen molar-refractivity contribution in [1.82, 2.24) is 4.98 Å². The predicted molar refractivity (Wildman–Crippen MR) is 96.4 cm³/mol. The van der Waals surface area contributed by atoms with Crippen LogP contribution in [0.5, 0.6) is 0 Å². The zero-order valence-corrected chi connectivity index (χ0v) is 13.5. The molecule has 0 saturated heterocycles. The molecular formula is C19H16N2OS. The summed E-state index contributed by atoms with van der Waals surface area (Å²) in [4.78, 5) is 17.6. The molecule has 114 valence electrons. The molecule has 1 heterocycles. The van der Waals surface area contributed by atoms with Gasteiger partial charge in [-0.1, -0.05) is 60.7 Å². The Morgan fingerprint density at radius 2 is 1.70 bits per heavy atom. The maximum atomic E-state index is 12.0. The number of benzene rings is 2. The van der Waals surface area contributed by atoms with Gasteiger partial charge in [-0.25, -0.2) is 4.98 Å². The van der Waals surface area contributed by atoms with Gasteiger partial charge in [0.25, 0.3) is 0 Å². The lowest BCUT2D eigenvalue weighted by molar-refractivity contribution is -0.111. The Labute approximate surface area is 139 Å². The van der Waals surface area contributed by atoms with E-state index in [4.69, 9.17) is 0 Å². The largest absolute Gasteiger partial charge is 0.298 e. The van der Waals surface area contributed by atoms with Gasteiger partial charge in [-0.3, -0.25) is 10.1 Å². The molecule has 0 unspecified atom stereocenters. The molecule has 0 fully saturated rings. The van der Waals surface area contributed by atoms with Crippen molar-refractivity contribution in [2.45, 2.75) is 6.92 Å². The summed E-state index contributed by atoms with van der Waals surface area (Å²) in [5, 5.41) is 3.44. The number of amides is 1. The fourth-order valence-electron chi connectivity index (χ4n) is 2.20. The van der Waals surface area contributed by atoms with Gasteiger partial charge in [-0.15, -0.1) is 11.3 Å². The first kappa shape index (κ1) is 15.2. The van der Waals surface area contributed by atoms with Crippen LogP contribution in [0.4, 0.5) is 5.13 Å². The first-order chi connectivity index (χ1) is 11.2. The minimum atomic E-state index is -0.179. The monoisotopic (exact) mass is 320 g/mol. The van der Waals surface area contributed by atoms with Crippen molar-refractivity contribution in [3.63, 3.8) is 0 Å². The van der Waals surface area contributed by atoms with Crippen LogP contribution in [0, 0.1) is 6.92 Å². The Morgan fingerprint density at radius 1 is 1.04 bits per heavy atom. The van der Waals surface area contributed by atoms with E-state index in [0.717, 1.165) is 21.7 Å². The highest BCUT2D eigenvalue weighted by Gasteiger charge is 2.10. The van der Waals surface area contributed by atoms with Crippen molar-refractivity contribution in [2.24, 2.45) is 0 Å². The van der Waals surface area contributed by atoms with E-state index in [0.29, 0.717) is 5.13 Å². The first-order valence-electron chi connectivity index (χ1n) is 7.29. The summed E-state index contributed by atoms with van der Waals surface area (Å²) in [6, 6.07) is 19.7. The molecule has 0 bridgehead atoms. The maximum Gasteiger partial charge on any atom is 0.250 e. The molecule has 1 N–H and O–H groups in total. The molecule has 0 aliphatic heterocycles. The number of nitrogens with zero attached hydrogens (tertiary/aromatic N) is 1. The minimum absolute atomic E-state index is 0.179. The minimum Gasteiger partial charge on any atom is -0.298 e. The molecule has 2 aromatic carbocycles. The van der Waals surface area contributed by atoms with E-state index in [1.165, 1.54) is 17.4 Å². The van der Waals surface area contributed by atoms with Gasteiger partial charge in [-0.2, -0.15) is 0 Å². The van der Waals surface area contributed by atoms with Gasteiger partial charge in [-0.05, 0) is 18.6 Å². The third kappa shape index (κ3) is 3.93. The molecular weight excluding hydrogens is 304 g/mol. The molecule has 3 rings (SSSR count). The molecule has 3 nitrogen and oxygen atoms in total. The smallest absolute Gasteiger partial charge is 0.250 e. The standard InChI is InChI=1S/C19H16N2OS/c1-14-18(16-10-6-3-7-11-16)21-19(23-14)20-17(22)13-12-15-8-4-2-5-9-15/h2-13H,1H3,(H,20,21,22)/b13-12+. The van der Waals surface area contributed by atoms with Crippen molar-refractivity contribution in [3.05, 3.63) is 77.2 Å². The zero-order chi connectivity index (χ0) is 16.1. The second-order valence-electron chi connectivity index (χ2n) is 5.02. The predicted octanol–water partition coefficient (Wildman–Crippen LogP) is 4.77. The summed E-state index contributed by atoms with van der Waals surface area (Å²) in [7, 11) is 0.